The van der Waals surface area contributed by atoms with Gasteiger partial charge in [0.1, 0.15) is 10.8 Å². The maximum Gasteiger partial charge on any atom is 0.219 e. The van der Waals surface area contributed by atoms with Crippen molar-refractivity contribution in [2.75, 3.05) is 13.7 Å². The molecule has 112 valence electrons. The zero-order chi connectivity index (χ0) is 15.1. The van der Waals surface area contributed by atoms with E-state index < -0.39 is 0 Å². The number of hydrogen-bond acceptors (Lipinski definition) is 4. The number of ether oxygens (including phenoxy) is 1. The Morgan fingerprint density at radius 3 is 2.76 bits per heavy atom. The molecule has 1 amide bonds. The van der Waals surface area contributed by atoms with Gasteiger partial charge in [-0.1, -0.05) is 6.92 Å². The molecular formula is C16H20N2O2S. The summed E-state index contributed by atoms with van der Waals surface area (Å²) in [6.45, 7) is 2.64. The van der Waals surface area contributed by atoms with Gasteiger partial charge in [-0.2, -0.15) is 0 Å². The van der Waals surface area contributed by atoms with E-state index in [4.69, 9.17) is 4.74 Å². The lowest BCUT2D eigenvalue weighted by atomic mass is 10.2. The van der Waals surface area contributed by atoms with Gasteiger partial charge in [-0.25, -0.2) is 4.98 Å². The minimum atomic E-state index is 0.114. The van der Waals surface area contributed by atoms with Crippen LogP contribution in [-0.2, 0) is 11.2 Å². The van der Waals surface area contributed by atoms with Crippen molar-refractivity contribution < 1.29 is 9.53 Å². The van der Waals surface area contributed by atoms with E-state index >= 15 is 0 Å². The molecule has 0 atom stereocenters. The highest BCUT2D eigenvalue weighted by Gasteiger charge is 2.06. The number of nitrogens with zero attached hydrogens (tertiary/aromatic N) is 1. The van der Waals surface area contributed by atoms with Gasteiger partial charge < -0.3 is 10.1 Å². The number of aromatic nitrogens is 1. The standard InChI is InChI=1S/C16H20N2O2S/c1-3-4-15(19)17-10-9-13-11-21-16(18-13)12-5-7-14(20-2)8-6-12/h5-8,11H,3-4,9-10H2,1-2H3,(H,17,19). The zero-order valence-corrected chi connectivity index (χ0v) is 13.2. The average molecular weight is 304 g/mol. The van der Waals surface area contributed by atoms with Crippen LogP contribution in [0.15, 0.2) is 29.6 Å². The second kappa shape index (κ2) is 7.78. The van der Waals surface area contributed by atoms with E-state index in [0.717, 1.165) is 34.9 Å². The van der Waals surface area contributed by atoms with Gasteiger partial charge in [0.25, 0.3) is 0 Å². The molecule has 1 N–H and O–H groups in total. The quantitative estimate of drug-likeness (QED) is 0.854. The number of benzene rings is 1. The number of carbonyl (C=O) groups is 1. The molecule has 5 heteroatoms. The number of amides is 1. The van der Waals surface area contributed by atoms with E-state index in [1.807, 2.05) is 36.6 Å². The van der Waals surface area contributed by atoms with E-state index in [-0.39, 0.29) is 5.91 Å². The van der Waals surface area contributed by atoms with Crippen molar-refractivity contribution in [3.05, 3.63) is 35.3 Å². The molecule has 0 unspecified atom stereocenters. The summed E-state index contributed by atoms with van der Waals surface area (Å²) in [6.07, 6.45) is 2.24. The van der Waals surface area contributed by atoms with Crippen LogP contribution in [0.5, 0.6) is 5.75 Å². The zero-order valence-electron chi connectivity index (χ0n) is 12.4. The van der Waals surface area contributed by atoms with Gasteiger partial charge in [-0.3, -0.25) is 4.79 Å². The van der Waals surface area contributed by atoms with E-state index in [1.165, 1.54) is 0 Å². The van der Waals surface area contributed by atoms with Gasteiger partial charge in [-0.05, 0) is 30.7 Å². The van der Waals surface area contributed by atoms with Gasteiger partial charge in [-0.15, -0.1) is 11.3 Å². The highest BCUT2D eigenvalue weighted by atomic mass is 32.1. The minimum absolute atomic E-state index is 0.114. The Bertz CT molecular complexity index is 578. The SMILES string of the molecule is CCCC(=O)NCCc1csc(-c2ccc(OC)cc2)n1. The maximum atomic E-state index is 11.4. The number of nitrogens with one attached hydrogen (secondary N) is 1. The predicted octanol–water partition coefficient (Wildman–Crippen LogP) is 3.28. The number of carbonyl (C=O) groups excluding carboxylic acids is 1. The van der Waals surface area contributed by atoms with Crippen LogP contribution >= 0.6 is 11.3 Å². The Morgan fingerprint density at radius 1 is 1.33 bits per heavy atom. The largest absolute Gasteiger partial charge is 0.497 e. The molecule has 0 saturated heterocycles. The number of hydrogen-bond donors (Lipinski definition) is 1. The van der Waals surface area contributed by atoms with Crippen molar-refractivity contribution in [3.8, 4) is 16.3 Å². The molecule has 2 rings (SSSR count). The first-order valence-corrected chi connectivity index (χ1v) is 7.96. The van der Waals surface area contributed by atoms with Crippen molar-refractivity contribution in [1.29, 1.82) is 0 Å². The smallest absolute Gasteiger partial charge is 0.219 e. The molecule has 1 heterocycles. The van der Waals surface area contributed by atoms with Crippen molar-refractivity contribution >= 4 is 17.2 Å². The van der Waals surface area contributed by atoms with Crippen LogP contribution in [0.1, 0.15) is 25.5 Å². The second-order valence-electron chi connectivity index (χ2n) is 4.72. The summed E-state index contributed by atoms with van der Waals surface area (Å²) in [5, 5.41) is 5.95. The summed E-state index contributed by atoms with van der Waals surface area (Å²) in [6, 6.07) is 7.87. The third-order valence-corrected chi connectivity index (χ3v) is 4.01. The first-order valence-electron chi connectivity index (χ1n) is 7.08. The molecule has 21 heavy (non-hydrogen) atoms. The summed E-state index contributed by atoms with van der Waals surface area (Å²) in [4.78, 5) is 16.0. The molecule has 1 aromatic heterocycles. The van der Waals surface area contributed by atoms with E-state index in [9.17, 15) is 4.79 Å². The second-order valence-corrected chi connectivity index (χ2v) is 5.58. The Morgan fingerprint density at radius 2 is 2.10 bits per heavy atom. The summed E-state index contributed by atoms with van der Waals surface area (Å²) >= 11 is 1.62. The maximum absolute atomic E-state index is 11.4. The van der Waals surface area contributed by atoms with Gasteiger partial charge in [0.2, 0.25) is 5.91 Å². The lowest BCUT2D eigenvalue weighted by Gasteiger charge is -2.02. The highest BCUT2D eigenvalue weighted by molar-refractivity contribution is 7.13. The van der Waals surface area contributed by atoms with Crippen LogP contribution in [0.4, 0.5) is 0 Å². The third-order valence-electron chi connectivity index (χ3n) is 3.07. The van der Waals surface area contributed by atoms with Gasteiger partial charge in [0.05, 0.1) is 12.8 Å². The summed E-state index contributed by atoms with van der Waals surface area (Å²) < 4.78 is 5.15. The lowest BCUT2D eigenvalue weighted by Crippen LogP contribution is -2.25. The summed E-state index contributed by atoms with van der Waals surface area (Å²) in [5.41, 5.74) is 2.10. The van der Waals surface area contributed by atoms with Gasteiger partial charge >= 0.3 is 0 Å². The minimum Gasteiger partial charge on any atom is -0.497 e. The van der Waals surface area contributed by atoms with Crippen LogP contribution in [0.3, 0.4) is 0 Å². The summed E-state index contributed by atoms with van der Waals surface area (Å²) in [7, 11) is 1.66. The number of thiazole rings is 1. The molecular weight excluding hydrogens is 284 g/mol. The van der Waals surface area contributed by atoms with E-state index in [0.29, 0.717) is 13.0 Å². The first-order chi connectivity index (χ1) is 10.2. The normalized spacial score (nSPS) is 10.4. The van der Waals surface area contributed by atoms with Crippen molar-refractivity contribution in [2.24, 2.45) is 0 Å². The lowest BCUT2D eigenvalue weighted by molar-refractivity contribution is -0.121. The molecule has 1 aromatic carbocycles. The third kappa shape index (κ3) is 4.56. The molecule has 2 aromatic rings. The van der Waals surface area contributed by atoms with Crippen LogP contribution < -0.4 is 10.1 Å². The monoisotopic (exact) mass is 304 g/mol. The fourth-order valence-corrected chi connectivity index (χ4v) is 2.79. The Balaban J connectivity index is 1.90. The first kappa shape index (κ1) is 15.5. The van der Waals surface area contributed by atoms with Crippen LogP contribution in [0.25, 0.3) is 10.6 Å². The molecule has 0 aliphatic carbocycles. The van der Waals surface area contributed by atoms with E-state index in [2.05, 4.69) is 10.3 Å². The molecule has 0 aliphatic rings. The molecule has 0 bridgehead atoms. The van der Waals surface area contributed by atoms with Crippen LogP contribution in [0, 0.1) is 0 Å². The Labute approximate surface area is 129 Å². The predicted molar refractivity (Wildman–Crippen MR) is 85.7 cm³/mol. The number of rotatable bonds is 7. The molecule has 0 saturated carbocycles. The van der Waals surface area contributed by atoms with Crippen molar-refractivity contribution in [2.45, 2.75) is 26.2 Å². The Hall–Kier alpha value is -1.88. The molecule has 0 aliphatic heterocycles. The van der Waals surface area contributed by atoms with Gasteiger partial charge in [0.15, 0.2) is 0 Å². The van der Waals surface area contributed by atoms with Crippen LogP contribution in [-0.4, -0.2) is 24.5 Å². The molecule has 4 nitrogen and oxygen atoms in total. The van der Waals surface area contributed by atoms with Crippen LogP contribution in [0.2, 0.25) is 0 Å². The molecule has 0 radical (unpaired) electrons. The van der Waals surface area contributed by atoms with Crippen molar-refractivity contribution in [1.82, 2.24) is 10.3 Å². The topological polar surface area (TPSA) is 51.2 Å². The average Bonchev–Trinajstić information content (AvgIpc) is 2.96. The summed E-state index contributed by atoms with van der Waals surface area (Å²) in [5.74, 6) is 0.956. The van der Waals surface area contributed by atoms with E-state index in [1.54, 1.807) is 18.4 Å². The number of methoxy groups -OCH3 is 1. The molecule has 0 spiro atoms. The molecule has 0 fully saturated rings. The fraction of sp³-hybridized carbons (Fsp3) is 0.375. The van der Waals surface area contributed by atoms with Crippen molar-refractivity contribution in [3.63, 3.8) is 0 Å². The Kier molecular flexibility index (Phi) is 5.75. The van der Waals surface area contributed by atoms with Gasteiger partial charge in [0, 0.05) is 30.3 Å². The highest BCUT2D eigenvalue weighted by Crippen LogP contribution is 2.25. The fourth-order valence-electron chi connectivity index (χ4n) is 1.93.